The first-order chi connectivity index (χ1) is 15.2. The number of hydrogen-bond acceptors (Lipinski definition) is 6. The minimum Gasteiger partial charge on any atom is -0.444 e. The highest BCUT2D eigenvalue weighted by Crippen LogP contribution is 2.36. The van der Waals surface area contributed by atoms with E-state index in [9.17, 15) is 13.2 Å². The van der Waals surface area contributed by atoms with Gasteiger partial charge in [-0.05, 0) is 78.4 Å². The van der Waals surface area contributed by atoms with Gasteiger partial charge in [-0.3, -0.25) is 0 Å². The Morgan fingerprint density at radius 1 is 1.39 bits per heavy atom. The van der Waals surface area contributed by atoms with Crippen LogP contribution in [0.15, 0.2) is 35.9 Å². The van der Waals surface area contributed by atoms with E-state index in [1.807, 2.05) is 45.6 Å². The van der Waals surface area contributed by atoms with Crippen molar-refractivity contribution in [1.29, 1.82) is 0 Å². The summed E-state index contributed by atoms with van der Waals surface area (Å²) in [6, 6.07) is 4.74. The van der Waals surface area contributed by atoms with Crippen LogP contribution in [0.5, 0.6) is 0 Å². The SMILES string of the molecule is C=CCC(CCC1CN(C(=O)OC(C)(C)C)C(C)(C)C1)Nc1cccc(S(N)(=O)=O)n1.CC. The molecule has 2 rings (SSSR count). The van der Waals surface area contributed by atoms with E-state index in [1.165, 1.54) is 6.07 Å². The number of nitrogens with one attached hydrogen (secondary N) is 1. The maximum Gasteiger partial charge on any atom is 0.410 e. The average molecular weight is 483 g/mol. The van der Waals surface area contributed by atoms with E-state index in [0.29, 0.717) is 24.7 Å². The Hall–Kier alpha value is -2.13. The Labute approximate surface area is 200 Å². The maximum atomic E-state index is 12.6. The van der Waals surface area contributed by atoms with Gasteiger partial charge in [0.25, 0.3) is 10.0 Å². The number of hydrogen-bond donors (Lipinski definition) is 2. The van der Waals surface area contributed by atoms with Gasteiger partial charge < -0.3 is 15.0 Å². The van der Waals surface area contributed by atoms with E-state index >= 15 is 0 Å². The number of carbonyl (C=O) groups is 1. The number of amides is 1. The van der Waals surface area contributed by atoms with Crippen molar-refractivity contribution < 1.29 is 17.9 Å². The lowest BCUT2D eigenvalue weighted by atomic mass is 9.91. The molecule has 9 heteroatoms. The fraction of sp³-hybridized carbons (Fsp3) is 0.667. The molecule has 1 aliphatic heterocycles. The van der Waals surface area contributed by atoms with E-state index in [-0.39, 0.29) is 22.7 Å². The normalized spacial score (nSPS) is 18.7. The minimum atomic E-state index is -3.86. The van der Waals surface area contributed by atoms with Crippen LogP contribution >= 0.6 is 0 Å². The number of ether oxygens (including phenoxy) is 1. The number of anilines is 1. The monoisotopic (exact) mass is 482 g/mol. The first kappa shape index (κ1) is 28.9. The van der Waals surface area contributed by atoms with Crippen molar-refractivity contribution in [2.45, 2.75) is 96.4 Å². The van der Waals surface area contributed by atoms with Gasteiger partial charge in [-0.1, -0.05) is 26.0 Å². The van der Waals surface area contributed by atoms with Crippen molar-refractivity contribution in [3.8, 4) is 0 Å². The first-order valence-electron chi connectivity index (χ1n) is 11.6. The number of rotatable bonds is 8. The van der Waals surface area contributed by atoms with Crippen LogP contribution < -0.4 is 10.5 Å². The Morgan fingerprint density at radius 3 is 2.58 bits per heavy atom. The van der Waals surface area contributed by atoms with Gasteiger partial charge in [0.05, 0.1) is 0 Å². The molecule has 2 unspecified atom stereocenters. The number of carbonyl (C=O) groups excluding carboxylic acids is 1. The smallest absolute Gasteiger partial charge is 0.410 e. The molecule has 1 amide bonds. The zero-order valence-corrected chi connectivity index (χ0v) is 22.0. The Morgan fingerprint density at radius 2 is 2.03 bits per heavy atom. The quantitative estimate of drug-likeness (QED) is 0.508. The molecule has 3 N–H and O–H groups in total. The lowest BCUT2D eigenvalue weighted by Crippen LogP contribution is -2.45. The summed E-state index contributed by atoms with van der Waals surface area (Å²) in [6.45, 7) is 18.2. The zero-order valence-electron chi connectivity index (χ0n) is 21.2. The lowest BCUT2D eigenvalue weighted by molar-refractivity contribution is 0.0131. The third kappa shape index (κ3) is 9.33. The molecule has 33 heavy (non-hydrogen) atoms. The third-order valence-electron chi connectivity index (χ3n) is 5.32. The molecule has 0 radical (unpaired) electrons. The van der Waals surface area contributed by atoms with Crippen LogP contribution in [-0.4, -0.2) is 48.1 Å². The van der Waals surface area contributed by atoms with E-state index in [2.05, 4.69) is 30.7 Å². The summed E-state index contributed by atoms with van der Waals surface area (Å²) in [5, 5.41) is 8.31. The maximum absolute atomic E-state index is 12.6. The van der Waals surface area contributed by atoms with Crippen LogP contribution in [0.1, 0.15) is 74.1 Å². The largest absolute Gasteiger partial charge is 0.444 e. The Bertz CT molecular complexity index is 894. The topological polar surface area (TPSA) is 115 Å². The highest BCUT2D eigenvalue weighted by molar-refractivity contribution is 7.89. The van der Waals surface area contributed by atoms with Crippen molar-refractivity contribution in [2.24, 2.45) is 11.1 Å². The summed E-state index contributed by atoms with van der Waals surface area (Å²) in [4.78, 5) is 18.6. The van der Waals surface area contributed by atoms with Crippen molar-refractivity contribution in [1.82, 2.24) is 9.88 Å². The summed E-state index contributed by atoms with van der Waals surface area (Å²) in [6.07, 6.45) is 4.88. The molecule has 2 atom stereocenters. The standard InChI is InChI=1S/C22H36N4O4S.C2H6/c1-7-9-17(24-18-10-8-11-19(25-18)31(23,28)29)13-12-16-14-22(5,6)26(15-16)20(27)30-21(2,3)4;1-2/h7-8,10-11,16-17H,1,9,12-15H2,2-6H3,(H,24,25)(H2,23,28,29);1-2H3. The van der Waals surface area contributed by atoms with Crippen molar-refractivity contribution in [3.05, 3.63) is 30.9 Å². The molecule has 0 aliphatic carbocycles. The molecule has 0 spiro atoms. The van der Waals surface area contributed by atoms with Gasteiger partial charge in [0, 0.05) is 18.1 Å². The molecule has 8 nitrogen and oxygen atoms in total. The third-order valence-corrected chi connectivity index (χ3v) is 6.13. The Balaban J connectivity index is 0.00000265. The lowest BCUT2D eigenvalue weighted by Gasteiger charge is -2.33. The second kappa shape index (κ2) is 11.8. The average Bonchev–Trinajstić information content (AvgIpc) is 3.00. The van der Waals surface area contributed by atoms with Crippen LogP contribution in [0, 0.1) is 5.92 Å². The minimum absolute atomic E-state index is 0.0411. The van der Waals surface area contributed by atoms with Crippen molar-refractivity contribution in [3.63, 3.8) is 0 Å². The molecule has 1 saturated heterocycles. The number of nitrogens with zero attached hydrogens (tertiary/aromatic N) is 2. The summed E-state index contributed by atoms with van der Waals surface area (Å²) in [7, 11) is -3.86. The van der Waals surface area contributed by atoms with Crippen LogP contribution in [0.2, 0.25) is 0 Å². The van der Waals surface area contributed by atoms with Gasteiger partial charge in [-0.25, -0.2) is 23.3 Å². The van der Waals surface area contributed by atoms with Crippen molar-refractivity contribution >= 4 is 21.9 Å². The summed E-state index contributed by atoms with van der Waals surface area (Å²) < 4.78 is 28.7. The van der Waals surface area contributed by atoms with Crippen molar-refractivity contribution in [2.75, 3.05) is 11.9 Å². The number of primary sulfonamides is 1. The molecular weight excluding hydrogens is 440 g/mol. The summed E-state index contributed by atoms with van der Waals surface area (Å²) in [5.41, 5.74) is -0.789. The fourth-order valence-corrected chi connectivity index (χ4v) is 4.46. The molecule has 2 heterocycles. The van der Waals surface area contributed by atoms with Gasteiger partial charge in [0.2, 0.25) is 0 Å². The number of pyridine rings is 1. The predicted molar refractivity (Wildman–Crippen MR) is 134 cm³/mol. The van der Waals surface area contributed by atoms with E-state index < -0.39 is 15.6 Å². The molecule has 0 aromatic carbocycles. The number of aromatic nitrogens is 1. The molecule has 188 valence electrons. The van der Waals surface area contributed by atoms with E-state index in [4.69, 9.17) is 9.88 Å². The first-order valence-corrected chi connectivity index (χ1v) is 13.1. The van der Waals surface area contributed by atoms with Gasteiger partial charge in [0.15, 0.2) is 5.03 Å². The molecule has 0 bridgehead atoms. The predicted octanol–water partition coefficient (Wildman–Crippen LogP) is 4.93. The second-order valence-corrected chi connectivity index (χ2v) is 11.3. The zero-order chi connectivity index (χ0) is 25.4. The van der Waals surface area contributed by atoms with Crippen LogP contribution in [0.25, 0.3) is 0 Å². The van der Waals surface area contributed by atoms with Gasteiger partial charge in [0.1, 0.15) is 11.4 Å². The molecule has 1 aromatic heterocycles. The number of sulfonamides is 1. The summed E-state index contributed by atoms with van der Waals surface area (Å²) >= 11 is 0. The summed E-state index contributed by atoms with van der Waals surface area (Å²) in [5.74, 6) is 0.806. The van der Waals surface area contributed by atoms with E-state index in [0.717, 1.165) is 19.3 Å². The van der Waals surface area contributed by atoms with E-state index in [1.54, 1.807) is 12.1 Å². The molecule has 1 aliphatic rings. The molecule has 0 saturated carbocycles. The fourth-order valence-electron chi connectivity index (χ4n) is 3.97. The molecule has 1 aromatic rings. The van der Waals surface area contributed by atoms with Gasteiger partial charge in [-0.2, -0.15) is 0 Å². The van der Waals surface area contributed by atoms with Crippen LogP contribution in [0.4, 0.5) is 10.6 Å². The molecular formula is C24H42N4O4S. The van der Waals surface area contributed by atoms with Gasteiger partial charge in [-0.15, -0.1) is 6.58 Å². The molecule has 1 fully saturated rings. The number of likely N-dealkylation sites (tertiary alicyclic amines) is 1. The van der Waals surface area contributed by atoms with Crippen LogP contribution in [0.3, 0.4) is 0 Å². The highest BCUT2D eigenvalue weighted by Gasteiger charge is 2.42. The van der Waals surface area contributed by atoms with Crippen LogP contribution in [-0.2, 0) is 14.8 Å². The van der Waals surface area contributed by atoms with Gasteiger partial charge >= 0.3 is 6.09 Å². The number of nitrogens with two attached hydrogens (primary N) is 1. The highest BCUT2D eigenvalue weighted by atomic mass is 32.2. The Kier molecular flexibility index (Phi) is 10.4. The second-order valence-electron chi connectivity index (χ2n) is 9.82.